The molecule has 0 bridgehead atoms. The minimum atomic E-state index is 0.378. The molecule has 4 heteroatoms. The first-order chi connectivity index (χ1) is 8.36. The zero-order valence-corrected chi connectivity index (χ0v) is 10.4. The second kappa shape index (κ2) is 4.75. The lowest BCUT2D eigenvalue weighted by Gasteiger charge is -2.18. The van der Waals surface area contributed by atoms with E-state index in [-0.39, 0.29) is 0 Å². The first-order valence-corrected chi connectivity index (χ1v) is 6.55. The molecule has 2 aliphatic rings. The monoisotopic (exact) mass is 253 g/mol. The van der Waals surface area contributed by atoms with Crippen molar-refractivity contribution in [1.82, 2.24) is 5.32 Å². The Morgan fingerprint density at radius 3 is 2.71 bits per heavy atom. The molecule has 92 valence electrons. The van der Waals surface area contributed by atoms with E-state index in [2.05, 4.69) is 11.4 Å². The highest BCUT2D eigenvalue weighted by Crippen LogP contribution is 2.43. The Balaban J connectivity index is 2.03. The Morgan fingerprint density at radius 1 is 1.12 bits per heavy atom. The summed E-state index contributed by atoms with van der Waals surface area (Å²) in [6.07, 6.45) is 3.27. The maximum Gasteiger partial charge on any atom is 0.180 e. The van der Waals surface area contributed by atoms with Crippen LogP contribution in [-0.4, -0.2) is 19.8 Å². The van der Waals surface area contributed by atoms with E-state index in [1.165, 1.54) is 12.0 Å². The Morgan fingerprint density at radius 2 is 1.94 bits per heavy atom. The van der Waals surface area contributed by atoms with Gasteiger partial charge in [0.2, 0.25) is 0 Å². The molecule has 0 spiro atoms. The van der Waals surface area contributed by atoms with E-state index in [4.69, 9.17) is 21.1 Å². The molecule has 1 aromatic rings. The highest BCUT2D eigenvalue weighted by Gasteiger charge is 2.25. The largest absolute Gasteiger partial charge is 0.489 e. The fourth-order valence-electron chi connectivity index (χ4n) is 2.47. The predicted octanol–water partition coefficient (Wildman–Crippen LogP) is 2.93. The summed E-state index contributed by atoms with van der Waals surface area (Å²) in [5.74, 6) is 1.56. The molecule has 0 saturated carbocycles. The molecule has 0 radical (unpaired) electrons. The van der Waals surface area contributed by atoms with E-state index >= 15 is 0 Å². The SMILES string of the molecule is Clc1ccc(C2CCCN2)c2c1OCCCO2. The van der Waals surface area contributed by atoms with E-state index in [9.17, 15) is 0 Å². The van der Waals surface area contributed by atoms with Gasteiger partial charge < -0.3 is 14.8 Å². The Labute approximate surface area is 106 Å². The molecule has 0 aromatic heterocycles. The maximum atomic E-state index is 6.17. The lowest BCUT2D eigenvalue weighted by molar-refractivity contribution is 0.295. The molecule has 2 aliphatic heterocycles. The molecule has 0 aliphatic carbocycles. The van der Waals surface area contributed by atoms with Gasteiger partial charge in [-0.25, -0.2) is 0 Å². The van der Waals surface area contributed by atoms with Gasteiger partial charge in [0.05, 0.1) is 18.2 Å². The van der Waals surface area contributed by atoms with Gasteiger partial charge in [-0.15, -0.1) is 0 Å². The van der Waals surface area contributed by atoms with Crippen molar-refractivity contribution in [2.45, 2.75) is 25.3 Å². The Bertz CT molecular complexity index is 416. The van der Waals surface area contributed by atoms with Crippen LogP contribution in [0.3, 0.4) is 0 Å². The van der Waals surface area contributed by atoms with Crippen LogP contribution in [0.2, 0.25) is 5.02 Å². The normalized spacial score (nSPS) is 23.5. The molecule has 1 unspecified atom stereocenters. The fourth-order valence-corrected chi connectivity index (χ4v) is 2.67. The topological polar surface area (TPSA) is 30.5 Å². The van der Waals surface area contributed by atoms with Crippen molar-refractivity contribution in [3.8, 4) is 11.5 Å². The van der Waals surface area contributed by atoms with Gasteiger partial charge in [-0.1, -0.05) is 17.7 Å². The van der Waals surface area contributed by atoms with E-state index in [0.29, 0.717) is 24.3 Å². The summed E-state index contributed by atoms with van der Waals surface area (Å²) < 4.78 is 11.5. The van der Waals surface area contributed by atoms with Crippen LogP contribution in [0.25, 0.3) is 0 Å². The summed E-state index contributed by atoms with van der Waals surface area (Å²) in [7, 11) is 0. The third kappa shape index (κ3) is 2.09. The average Bonchev–Trinajstić information content (AvgIpc) is 2.74. The number of hydrogen-bond acceptors (Lipinski definition) is 3. The number of ether oxygens (including phenoxy) is 2. The summed E-state index contributed by atoms with van der Waals surface area (Å²) in [5.41, 5.74) is 1.18. The third-order valence-electron chi connectivity index (χ3n) is 3.31. The van der Waals surface area contributed by atoms with Crippen LogP contribution in [0.1, 0.15) is 30.9 Å². The Hall–Kier alpha value is -0.930. The van der Waals surface area contributed by atoms with Crippen molar-refractivity contribution in [2.24, 2.45) is 0 Å². The van der Waals surface area contributed by atoms with Gasteiger partial charge in [0.1, 0.15) is 0 Å². The standard InChI is InChI=1S/C13H16ClNO2/c14-10-5-4-9(11-3-1-6-15-11)12-13(10)17-8-2-7-16-12/h4-5,11,15H,1-3,6-8H2. The van der Waals surface area contributed by atoms with E-state index in [0.717, 1.165) is 30.9 Å². The molecule has 3 nitrogen and oxygen atoms in total. The summed E-state index contributed by atoms with van der Waals surface area (Å²) in [6.45, 7) is 2.45. The van der Waals surface area contributed by atoms with Gasteiger partial charge in [0.15, 0.2) is 11.5 Å². The van der Waals surface area contributed by atoms with Crippen molar-refractivity contribution in [2.75, 3.05) is 19.8 Å². The number of hydrogen-bond donors (Lipinski definition) is 1. The number of benzene rings is 1. The first-order valence-electron chi connectivity index (χ1n) is 6.17. The van der Waals surface area contributed by atoms with E-state index in [1.54, 1.807) is 0 Å². The van der Waals surface area contributed by atoms with Gasteiger partial charge in [-0.05, 0) is 25.5 Å². The van der Waals surface area contributed by atoms with Crippen LogP contribution in [-0.2, 0) is 0 Å². The predicted molar refractivity (Wildman–Crippen MR) is 67.0 cm³/mol. The molecular weight excluding hydrogens is 238 g/mol. The maximum absolute atomic E-state index is 6.17. The molecule has 1 atom stereocenters. The van der Waals surface area contributed by atoms with Gasteiger partial charge in [0.25, 0.3) is 0 Å². The lowest BCUT2D eigenvalue weighted by atomic mass is 10.0. The van der Waals surface area contributed by atoms with Crippen molar-refractivity contribution < 1.29 is 9.47 Å². The summed E-state index contributed by atoms with van der Waals surface area (Å²) in [4.78, 5) is 0. The van der Waals surface area contributed by atoms with Gasteiger partial charge in [-0.3, -0.25) is 0 Å². The molecule has 2 heterocycles. The van der Waals surface area contributed by atoms with Crippen molar-refractivity contribution in [1.29, 1.82) is 0 Å². The quantitative estimate of drug-likeness (QED) is 0.835. The van der Waals surface area contributed by atoms with Crippen molar-refractivity contribution in [3.05, 3.63) is 22.7 Å². The number of rotatable bonds is 1. The van der Waals surface area contributed by atoms with Crippen molar-refractivity contribution >= 4 is 11.6 Å². The highest BCUT2D eigenvalue weighted by atomic mass is 35.5. The molecule has 1 N–H and O–H groups in total. The second-order valence-electron chi connectivity index (χ2n) is 4.49. The average molecular weight is 254 g/mol. The third-order valence-corrected chi connectivity index (χ3v) is 3.61. The molecule has 17 heavy (non-hydrogen) atoms. The van der Waals surface area contributed by atoms with Gasteiger partial charge in [-0.2, -0.15) is 0 Å². The molecule has 3 rings (SSSR count). The minimum Gasteiger partial charge on any atom is -0.489 e. The molecule has 0 amide bonds. The summed E-state index contributed by atoms with van der Waals surface area (Å²) >= 11 is 6.17. The summed E-state index contributed by atoms with van der Waals surface area (Å²) in [5, 5.41) is 4.13. The van der Waals surface area contributed by atoms with E-state index < -0.39 is 0 Å². The van der Waals surface area contributed by atoms with Gasteiger partial charge in [0, 0.05) is 18.0 Å². The highest BCUT2D eigenvalue weighted by molar-refractivity contribution is 6.32. The Kier molecular flexibility index (Phi) is 3.12. The molecule has 1 aromatic carbocycles. The van der Waals surface area contributed by atoms with E-state index in [1.807, 2.05) is 6.07 Å². The fraction of sp³-hybridized carbons (Fsp3) is 0.538. The number of halogens is 1. The van der Waals surface area contributed by atoms with Crippen LogP contribution >= 0.6 is 11.6 Å². The molecular formula is C13H16ClNO2. The number of fused-ring (bicyclic) bond motifs is 1. The second-order valence-corrected chi connectivity index (χ2v) is 4.90. The zero-order valence-electron chi connectivity index (χ0n) is 9.67. The van der Waals surface area contributed by atoms with Crippen LogP contribution in [0.15, 0.2) is 12.1 Å². The smallest absolute Gasteiger partial charge is 0.180 e. The zero-order chi connectivity index (χ0) is 11.7. The van der Waals surface area contributed by atoms with Crippen molar-refractivity contribution in [3.63, 3.8) is 0 Å². The van der Waals surface area contributed by atoms with Crippen LogP contribution < -0.4 is 14.8 Å². The molecule has 1 fully saturated rings. The number of nitrogens with one attached hydrogen (secondary N) is 1. The summed E-state index contributed by atoms with van der Waals surface area (Å²) in [6, 6.07) is 4.34. The molecule has 1 saturated heterocycles. The van der Waals surface area contributed by atoms with Crippen LogP contribution in [0.5, 0.6) is 11.5 Å². The van der Waals surface area contributed by atoms with Crippen LogP contribution in [0, 0.1) is 0 Å². The first kappa shape index (κ1) is 11.2. The van der Waals surface area contributed by atoms with Crippen LogP contribution in [0.4, 0.5) is 0 Å². The van der Waals surface area contributed by atoms with Gasteiger partial charge >= 0.3 is 0 Å². The lowest BCUT2D eigenvalue weighted by Crippen LogP contribution is -2.14. The minimum absolute atomic E-state index is 0.378.